The van der Waals surface area contributed by atoms with Gasteiger partial charge in [0.15, 0.2) is 5.96 Å². The highest BCUT2D eigenvalue weighted by Gasteiger charge is 2.50. The predicted molar refractivity (Wildman–Crippen MR) is 141 cm³/mol. The van der Waals surface area contributed by atoms with Crippen LogP contribution in [0.2, 0.25) is 0 Å². The first-order chi connectivity index (χ1) is 18.0. The van der Waals surface area contributed by atoms with Crippen molar-refractivity contribution in [3.8, 4) is 0 Å². The second-order valence-electron chi connectivity index (χ2n) is 10.3. The lowest BCUT2D eigenvalue weighted by atomic mass is 9.56. The predicted octanol–water partition coefficient (Wildman–Crippen LogP) is 5.11. The number of aliphatic imine (C=N–C) groups is 1. The van der Waals surface area contributed by atoms with E-state index in [0.29, 0.717) is 17.9 Å². The fourth-order valence-electron chi connectivity index (χ4n) is 6.02. The van der Waals surface area contributed by atoms with Gasteiger partial charge in [-0.3, -0.25) is 4.99 Å². The number of halogens is 3. The van der Waals surface area contributed by atoms with Crippen molar-refractivity contribution in [2.24, 2.45) is 22.7 Å². The molecule has 4 aliphatic carbocycles. The quantitative estimate of drug-likeness (QED) is 0.177. The number of rotatable bonds is 10. The summed E-state index contributed by atoms with van der Waals surface area (Å²) in [5.41, 5.74) is 1.11. The van der Waals surface area contributed by atoms with E-state index in [-0.39, 0.29) is 5.56 Å². The molecule has 212 valence electrons. The zero-order valence-corrected chi connectivity index (χ0v) is 22.2. The summed E-state index contributed by atoms with van der Waals surface area (Å²) in [4.78, 5) is 24.6. The van der Waals surface area contributed by atoms with Crippen molar-refractivity contribution in [3.63, 3.8) is 0 Å². The number of hydrogen-bond acceptors (Lipinski definition) is 5. The Morgan fingerprint density at radius 1 is 1.08 bits per heavy atom. The van der Waals surface area contributed by atoms with E-state index in [4.69, 9.17) is 19.7 Å². The zero-order chi connectivity index (χ0) is 27.8. The highest BCUT2D eigenvalue weighted by molar-refractivity contribution is 8.00. The summed E-state index contributed by atoms with van der Waals surface area (Å²) < 4.78 is 37.4. The zero-order valence-electron chi connectivity index (χ0n) is 21.4. The van der Waals surface area contributed by atoms with Crippen LogP contribution < -0.4 is 10.6 Å². The number of carboxylic acid groups (broad SMARTS) is 2. The first-order valence-electron chi connectivity index (χ1n) is 12.8. The molecule has 8 nitrogen and oxygen atoms in total. The number of guanidine groups is 1. The van der Waals surface area contributed by atoms with Gasteiger partial charge in [0.05, 0.1) is 5.56 Å². The van der Waals surface area contributed by atoms with Gasteiger partial charge in [-0.1, -0.05) is 0 Å². The van der Waals surface area contributed by atoms with Crippen LogP contribution in [0.4, 0.5) is 18.9 Å². The number of thioether (sulfide) groups is 1. The van der Waals surface area contributed by atoms with Gasteiger partial charge in [0.25, 0.3) is 0 Å². The molecule has 0 radical (unpaired) electrons. The van der Waals surface area contributed by atoms with Gasteiger partial charge in [-0.2, -0.15) is 24.9 Å². The molecule has 0 unspecified atom stereocenters. The number of aromatic carboxylic acids is 1. The Balaban J connectivity index is 0.000000505. The van der Waals surface area contributed by atoms with Crippen molar-refractivity contribution < 1.29 is 37.7 Å². The number of aliphatic carboxylic acids is 1. The van der Waals surface area contributed by atoms with E-state index in [1.807, 2.05) is 0 Å². The number of hydrogen-bond donors (Lipinski definition) is 4. The van der Waals surface area contributed by atoms with Crippen molar-refractivity contribution in [2.75, 3.05) is 37.9 Å². The summed E-state index contributed by atoms with van der Waals surface area (Å²) in [6.45, 7) is 2.24. The number of nitrogens with zero attached hydrogens (tertiary/aromatic N) is 1. The summed E-state index contributed by atoms with van der Waals surface area (Å²) in [7, 11) is 1.70. The molecule has 12 heteroatoms. The van der Waals surface area contributed by atoms with Gasteiger partial charge in [-0.15, -0.1) is 0 Å². The lowest BCUT2D eigenvalue weighted by Crippen LogP contribution is -2.49. The molecule has 4 fully saturated rings. The molecule has 4 saturated carbocycles. The molecule has 0 saturated heterocycles. The van der Waals surface area contributed by atoms with Gasteiger partial charge in [0.1, 0.15) is 0 Å². The van der Waals surface area contributed by atoms with Gasteiger partial charge >= 0.3 is 18.1 Å². The van der Waals surface area contributed by atoms with Crippen LogP contribution in [0.25, 0.3) is 0 Å². The third-order valence-electron chi connectivity index (χ3n) is 7.20. The number of anilines is 1. The van der Waals surface area contributed by atoms with Crippen molar-refractivity contribution >= 4 is 35.3 Å². The van der Waals surface area contributed by atoms with Gasteiger partial charge in [0, 0.05) is 43.0 Å². The van der Waals surface area contributed by atoms with Crippen LogP contribution in [0.3, 0.4) is 0 Å². The molecular formula is C26H36F3N3O5S. The smallest absolute Gasteiger partial charge is 0.478 e. The first kappa shape index (κ1) is 30.1. The van der Waals surface area contributed by atoms with Gasteiger partial charge in [-0.05, 0) is 87.0 Å². The maximum absolute atomic E-state index is 11.1. The third-order valence-corrected chi connectivity index (χ3v) is 8.72. The summed E-state index contributed by atoms with van der Waals surface area (Å²) in [6, 6.07) is 6.77. The number of methoxy groups -OCH3 is 1. The van der Waals surface area contributed by atoms with Crippen molar-refractivity contribution in [1.82, 2.24) is 5.32 Å². The van der Waals surface area contributed by atoms with Crippen molar-refractivity contribution in [2.45, 2.75) is 55.9 Å². The summed E-state index contributed by atoms with van der Waals surface area (Å²) in [6.07, 6.45) is 4.52. The van der Waals surface area contributed by atoms with Crippen LogP contribution in [0.1, 0.15) is 55.3 Å². The van der Waals surface area contributed by atoms with E-state index in [0.717, 1.165) is 48.1 Å². The minimum Gasteiger partial charge on any atom is -0.478 e. The molecule has 0 heterocycles. The number of ether oxygens (including phenoxy) is 1. The largest absolute Gasteiger partial charge is 0.490 e. The number of nitrogens with one attached hydrogen (secondary N) is 2. The molecule has 4 aliphatic rings. The van der Waals surface area contributed by atoms with Gasteiger partial charge in [-0.25, -0.2) is 9.59 Å². The second kappa shape index (κ2) is 13.5. The molecule has 4 N–H and O–H groups in total. The average molecular weight is 560 g/mol. The van der Waals surface area contributed by atoms with E-state index < -0.39 is 18.1 Å². The fraction of sp³-hybridized carbons (Fsp3) is 0.654. The third kappa shape index (κ3) is 9.07. The number of benzene rings is 1. The van der Waals surface area contributed by atoms with E-state index in [9.17, 15) is 18.0 Å². The Morgan fingerprint density at radius 2 is 1.63 bits per heavy atom. The Labute approximate surface area is 224 Å². The normalized spacial score (nSPS) is 25.9. The van der Waals surface area contributed by atoms with Crippen LogP contribution in [0, 0.1) is 17.8 Å². The molecule has 1 aromatic carbocycles. The minimum absolute atomic E-state index is 0.282. The maximum Gasteiger partial charge on any atom is 0.490 e. The molecule has 4 bridgehead atoms. The molecule has 0 aliphatic heterocycles. The Hall–Kier alpha value is -2.47. The second-order valence-corrected chi connectivity index (χ2v) is 11.8. The van der Waals surface area contributed by atoms with E-state index in [1.54, 1.807) is 31.4 Å². The van der Waals surface area contributed by atoms with Gasteiger partial charge < -0.3 is 25.6 Å². The van der Waals surface area contributed by atoms with E-state index in [1.165, 1.54) is 38.5 Å². The van der Waals surface area contributed by atoms with Gasteiger partial charge in [0.2, 0.25) is 0 Å². The first-order valence-corrected chi connectivity index (χ1v) is 13.8. The number of carbonyl (C=O) groups is 2. The molecule has 0 atom stereocenters. The monoisotopic (exact) mass is 559 g/mol. The SMILES string of the molecule is COCCCN=C(NCCSC12CC3CC(CC(C3)C1)C2)Nc1ccc(C(=O)O)cc1.O=C(O)C(F)(F)F. The van der Waals surface area contributed by atoms with Crippen LogP contribution in [-0.4, -0.2) is 71.6 Å². The lowest BCUT2D eigenvalue weighted by molar-refractivity contribution is -0.192. The fourth-order valence-corrected chi connectivity index (χ4v) is 7.71. The van der Waals surface area contributed by atoms with Crippen LogP contribution in [0.15, 0.2) is 29.3 Å². The standard InChI is InChI=1S/C24H35N3O3S.C2HF3O2/c1-30-9-2-7-25-23(27-21-5-3-20(4-6-21)22(28)29)26-8-10-31-24-14-17-11-18(15-24)13-19(12-17)16-24;3-2(4,5)1(6)7/h3-6,17-19H,2,7-16H2,1H3,(H,28,29)(H2,25,26,27);(H,6,7). The molecule has 0 aromatic heterocycles. The van der Waals surface area contributed by atoms with Crippen molar-refractivity contribution in [3.05, 3.63) is 29.8 Å². The molecule has 38 heavy (non-hydrogen) atoms. The van der Waals surface area contributed by atoms with E-state index >= 15 is 0 Å². The number of alkyl halides is 3. The summed E-state index contributed by atoms with van der Waals surface area (Å²) >= 11 is 2.19. The summed E-state index contributed by atoms with van der Waals surface area (Å²) in [5, 5.41) is 23.0. The molecule has 1 aromatic rings. The van der Waals surface area contributed by atoms with Crippen LogP contribution >= 0.6 is 11.8 Å². The molecule has 0 spiro atoms. The van der Waals surface area contributed by atoms with Crippen LogP contribution in [-0.2, 0) is 9.53 Å². The summed E-state index contributed by atoms with van der Waals surface area (Å²) in [5.74, 6) is 1.11. The minimum atomic E-state index is -5.08. The average Bonchev–Trinajstić information content (AvgIpc) is 2.83. The number of carboxylic acids is 2. The highest BCUT2D eigenvalue weighted by Crippen LogP contribution is 2.60. The van der Waals surface area contributed by atoms with Crippen LogP contribution in [0.5, 0.6) is 0 Å². The molecular weight excluding hydrogens is 523 g/mol. The van der Waals surface area contributed by atoms with Crippen molar-refractivity contribution in [1.29, 1.82) is 0 Å². The van der Waals surface area contributed by atoms with E-state index in [2.05, 4.69) is 27.4 Å². The topological polar surface area (TPSA) is 120 Å². The Morgan fingerprint density at radius 3 is 2.11 bits per heavy atom. The molecule has 5 rings (SSSR count). The maximum atomic E-state index is 11.1. The lowest BCUT2D eigenvalue weighted by Gasteiger charge is -2.56. The highest BCUT2D eigenvalue weighted by atomic mass is 32.2. The Kier molecular flexibility index (Phi) is 10.7. The Bertz CT molecular complexity index is 937. The molecule has 0 amide bonds.